The first-order valence-corrected chi connectivity index (χ1v) is 13.9. The molecule has 39 heavy (non-hydrogen) atoms. The molecule has 3 heterocycles. The zero-order valence-electron chi connectivity index (χ0n) is 21.4. The summed E-state index contributed by atoms with van der Waals surface area (Å²) >= 11 is 1.30. The lowest BCUT2D eigenvalue weighted by Gasteiger charge is -2.19. The number of hydrogen-bond donors (Lipinski definition) is 0. The number of carbonyl (C=O) groups excluding carboxylic acids is 4. The normalized spacial score (nSPS) is 18.8. The van der Waals surface area contributed by atoms with Gasteiger partial charge >= 0.3 is 5.97 Å². The van der Waals surface area contributed by atoms with Crippen LogP contribution in [0.15, 0.2) is 66.0 Å². The lowest BCUT2D eigenvalue weighted by atomic mass is 9.81. The van der Waals surface area contributed by atoms with Gasteiger partial charge in [-0.25, -0.2) is 9.78 Å². The molecule has 1 saturated heterocycles. The molecule has 2 fully saturated rings. The number of Topliss-reactive ketones (excluding diaryl/α,β-unsaturated/α-hetero) is 1. The Hall–Kier alpha value is -4.17. The number of ketones is 1. The Morgan fingerprint density at radius 2 is 1.69 bits per heavy atom. The van der Waals surface area contributed by atoms with Crippen LogP contribution in [0.3, 0.4) is 0 Å². The number of ether oxygens (including phenoxy) is 1. The molecule has 7 nitrogen and oxygen atoms in total. The van der Waals surface area contributed by atoms with Crippen LogP contribution in [-0.2, 0) is 14.3 Å². The van der Waals surface area contributed by atoms with Crippen LogP contribution in [0.25, 0.3) is 22.2 Å². The van der Waals surface area contributed by atoms with E-state index in [9.17, 15) is 19.2 Å². The van der Waals surface area contributed by atoms with Crippen molar-refractivity contribution in [1.82, 2.24) is 4.98 Å². The van der Waals surface area contributed by atoms with Crippen molar-refractivity contribution in [3.05, 3.63) is 82.0 Å². The van der Waals surface area contributed by atoms with Crippen LogP contribution in [0.4, 0.5) is 5.69 Å². The molecule has 0 bridgehead atoms. The summed E-state index contributed by atoms with van der Waals surface area (Å²) in [6.45, 7) is 1.58. The number of pyridine rings is 1. The van der Waals surface area contributed by atoms with Gasteiger partial charge in [0.2, 0.25) is 17.6 Å². The minimum Gasteiger partial charge on any atom is -0.454 e. The summed E-state index contributed by atoms with van der Waals surface area (Å²) in [4.78, 5) is 58.2. The third kappa shape index (κ3) is 4.65. The number of hydrogen-bond acceptors (Lipinski definition) is 7. The van der Waals surface area contributed by atoms with Crippen molar-refractivity contribution in [2.24, 2.45) is 11.8 Å². The fraction of sp³-hybridized carbons (Fsp3) is 0.258. The van der Waals surface area contributed by atoms with Crippen molar-refractivity contribution in [2.45, 2.75) is 32.6 Å². The highest BCUT2D eigenvalue weighted by Crippen LogP contribution is 2.40. The van der Waals surface area contributed by atoms with E-state index in [4.69, 9.17) is 9.72 Å². The molecule has 2 atom stereocenters. The van der Waals surface area contributed by atoms with Crippen molar-refractivity contribution >= 4 is 51.5 Å². The standard InChI is InChI=1S/C31H26N2O5S/c1-18-8-13-25-23(15-18)24(31(37)38-17-27(34)28-7-4-14-39-28)16-26(32-25)19-9-11-20(12-10-19)33-29(35)21-5-2-3-6-22(21)30(33)36/h4,7-16,21-22H,2-3,5-6,17H2,1H3. The van der Waals surface area contributed by atoms with Gasteiger partial charge in [0.15, 0.2) is 6.61 Å². The van der Waals surface area contributed by atoms with Crippen molar-refractivity contribution < 1.29 is 23.9 Å². The highest BCUT2D eigenvalue weighted by atomic mass is 32.1. The average molecular weight is 539 g/mol. The summed E-state index contributed by atoms with van der Waals surface area (Å²) in [5, 5.41) is 2.44. The molecule has 0 N–H and O–H groups in total. The van der Waals surface area contributed by atoms with E-state index in [-0.39, 0.29) is 36.0 Å². The van der Waals surface area contributed by atoms with Gasteiger partial charge in [-0.15, -0.1) is 11.3 Å². The van der Waals surface area contributed by atoms with Crippen LogP contribution < -0.4 is 4.90 Å². The van der Waals surface area contributed by atoms with Crippen molar-refractivity contribution in [1.29, 1.82) is 0 Å². The number of imide groups is 1. The first-order valence-electron chi connectivity index (χ1n) is 13.0. The van der Waals surface area contributed by atoms with Gasteiger partial charge in [-0.2, -0.15) is 0 Å². The van der Waals surface area contributed by atoms with Gasteiger partial charge in [-0.1, -0.05) is 42.7 Å². The minimum absolute atomic E-state index is 0.112. The summed E-state index contributed by atoms with van der Waals surface area (Å²) in [5.74, 6) is -1.51. The molecule has 2 unspecified atom stereocenters. The molecule has 2 aliphatic rings. The number of carbonyl (C=O) groups is 4. The summed E-state index contributed by atoms with van der Waals surface area (Å²) < 4.78 is 5.42. The number of nitrogens with zero attached hydrogens (tertiary/aromatic N) is 2. The SMILES string of the molecule is Cc1ccc2nc(-c3ccc(N4C(=O)C5CCCCC5C4=O)cc3)cc(C(=O)OCC(=O)c3cccs3)c2c1. The minimum atomic E-state index is -0.605. The van der Waals surface area contributed by atoms with Gasteiger partial charge in [0, 0.05) is 10.9 Å². The number of fused-ring (bicyclic) bond motifs is 2. The van der Waals surface area contributed by atoms with E-state index in [1.54, 1.807) is 47.8 Å². The summed E-state index contributed by atoms with van der Waals surface area (Å²) in [7, 11) is 0. The fourth-order valence-electron chi connectivity index (χ4n) is 5.57. The molecule has 2 amide bonds. The van der Waals surface area contributed by atoms with E-state index in [0.29, 0.717) is 32.7 Å². The third-order valence-corrected chi connectivity index (χ3v) is 8.49. The van der Waals surface area contributed by atoms with Crippen LogP contribution in [0.5, 0.6) is 0 Å². The molecule has 2 aromatic heterocycles. The molecule has 0 radical (unpaired) electrons. The molecule has 2 aromatic carbocycles. The molecule has 0 spiro atoms. The van der Waals surface area contributed by atoms with Gasteiger partial charge in [-0.3, -0.25) is 19.3 Å². The smallest absolute Gasteiger partial charge is 0.339 e. The number of aromatic nitrogens is 1. The number of rotatable bonds is 6. The van der Waals surface area contributed by atoms with Gasteiger partial charge in [-0.05, 0) is 61.5 Å². The van der Waals surface area contributed by atoms with Gasteiger partial charge in [0.1, 0.15) is 0 Å². The topological polar surface area (TPSA) is 93.6 Å². The number of amides is 2. The monoisotopic (exact) mass is 538 g/mol. The van der Waals surface area contributed by atoms with Crippen molar-refractivity contribution in [2.75, 3.05) is 11.5 Å². The lowest BCUT2D eigenvalue weighted by Crippen LogP contribution is -2.30. The second kappa shape index (κ2) is 10.2. The Bertz CT molecular complexity index is 1590. The van der Waals surface area contributed by atoms with E-state index in [1.165, 1.54) is 16.2 Å². The maximum Gasteiger partial charge on any atom is 0.339 e. The largest absolute Gasteiger partial charge is 0.454 e. The van der Waals surface area contributed by atoms with Gasteiger partial charge in [0.05, 0.1) is 39.2 Å². The van der Waals surface area contributed by atoms with Crippen molar-refractivity contribution in [3.8, 4) is 11.3 Å². The number of thiophene rings is 1. The fourth-order valence-corrected chi connectivity index (χ4v) is 6.22. The van der Waals surface area contributed by atoms with Gasteiger partial charge in [0.25, 0.3) is 0 Å². The number of esters is 1. The molecule has 4 aromatic rings. The predicted octanol–water partition coefficient (Wildman–Crippen LogP) is 5.99. The molecule has 6 rings (SSSR count). The molecule has 1 aliphatic carbocycles. The van der Waals surface area contributed by atoms with Crippen LogP contribution in [-0.4, -0.2) is 35.2 Å². The highest BCUT2D eigenvalue weighted by Gasteiger charge is 2.48. The first kappa shape index (κ1) is 25.1. The third-order valence-electron chi connectivity index (χ3n) is 7.58. The van der Waals surface area contributed by atoms with Crippen LogP contribution >= 0.6 is 11.3 Å². The van der Waals surface area contributed by atoms with E-state index in [2.05, 4.69) is 0 Å². The van der Waals surface area contributed by atoms with E-state index in [1.807, 2.05) is 25.1 Å². The molecule has 1 saturated carbocycles. The number of aryl methyl sites for hydroxylation is 1. The molecular weight excluding hydrogens is 512 g/mol. The molecule has 196 valence electrons. The quantitative estimate of drug-likeness (QED) is 0.170. The first-order chi connectivity index (χ1) is 18.9. The Labute approximate surface area is 229 Å². The van der Waals surface area contributed by atoms with Crippen molar-refractivity contribution in [3.63, 3.8) is 0 Å². The molecular formula is C31H26N2O5S. The molecule has 1 aliphatic heterocycles. The van der Waals surface area contributed by atoms with E-state index in [0.717, 1.165) is 36.8 Å². The van der Waals surface area contributed by atoms with Crippen LogP contribution in [0.2, 0.25) is 0 Å². The second-order valence-corrected chi connectivity index (χ2v) is 11.1. The Balaban J connectivity index is 1.30. The lowest BCUT2D eigenvalue weighted by molar-refractivity contribution is -0.122. The second-order valence-electron chi connectivity index (χ2n) is 10.1. The summed E-state index contributed by atoms with van der Waals surface area (Å²) in [5.41, 5.74) is 3.71. The number of anilines is 1. The van der Waals surface area contributed by atoms with E-state index < -0.39 is 5.97 Å². The van der Waals surface area contributed by atoms with E-state index >= 15 is 0 Å². The summed E-state index contributed by atoms with van der Waals surface area (Å²) in [6, 6.07) is 17.9. The Morgan fingerprint density at radius 3 is 2.36 bits per heavy atom. The maximum absolute atomic E-state index is 13.2. The average Bonchev–Trinajstić information content (AvgIpc) is 3.58. The van der Waals surface area contributed by atoms with Crippen LogP contribution in [0.1, 0.15) is 51.3 Å². The molecule has 8 heteroatoms. The van der Waals surface area contributed by atoms with Crippen LogP contribution in [0, 0.1) is 18.8 Å². The predicted molar refractivity (Wildman–Crippen MR) is 149 cm³/mol. The highest BCUT2D eigenvalue weighted by molar-refractivity contribution is 7.12. The summed E-state index contributed by atoms with van der Waals surface area (Å²) in [6.07, 6.45) is 3.49. The number of benzene rings is 2. The Kier molecular flexibility index (Phi) is 6.56. The maximum atomic E-state index is 13.2. The van der Waals surface area contributed by atoms with Gasteiger partial charge < -0.3 is 4.74 Å². The zero-order chi connectivity index (χ0) is 27.1. The Morgan fingerprint density at radius 1 is 0.974 bits per heavy atom. The zero-order valence-corrected chi connectivity index (χ0v) is 22.2.